The Bertz CT molecular complexity index is 473. The summed E-state index contributed by atoms with van der Waals surface area (Å²) in [4.78, 5) is 11.0. The molecule has 0 aliphatic carbocycles. The minimum Gasteiger partial charge on any atom is -0.541 e. The molecule has 1 rings (SSSR count). The van der Waals surface area contributed by atoms with Crippen LogP contribution in [0.2, 0.25) is 18.1 Å². The van der Waals surface area contributed by atoms with E-state index in [9.17, 15) is 4.79 Å². The van der Waals surface area contributed by atoms with Gasteiger partial charge in [0.2, 0.25) is 0 Å². The summed E-state index contributed by atoms with van der Waals surface area (Å²) in [5.74, 6) is 1.40. The quantitative estimate of drug-likeness (QED) is 0.612. The highest BCUT2D eigenvalue weighted by Gasteiger charge is 2.39. The zero-order chi connectivity index (χ0) is 14.8. The first kappa shape index (κ1) is 15.8. The molecule has 1 aromatic carbocycles. The number of carbonyl (C=O) groups excluding carboxylic acids is 1. The van der Waals surface area contributed by atoms with Crippen LogP contribution in [-0.2, 0) is 0 Å². The number of aldehydes is 1. The number of rotatable bonds is 4. The number of carbonyl (C=O) groups is 1. The molecule has 0 aliphatic heterocycles. The zero-order valence-corrected chi connectivity index (χ0v) is 14.0. The molecular formula is C15H24O3Si. The predicted molar refractivity (Wildman–Crippen MR) is 80.9 cm³/mol. The number of ether oxygens (including phenoxy) is 1. The highest BCUT2D eigenvalue weighted by Crippen LogP contribution is 2.41. The van der Waals surface area contributed by atoms with E-state index in [2.05, 4.69) is 33.9 Å². The third-order valence-electron chi connectivity index (χ3n) is 3.77. The van der Waals surface area contributed by atoms with Gasteiger partial charge in [-0.1, -0.05) is 20.8 Å². The number of benzene rings is 1. The van der Waals surface area contributed by atoms with Crippen LogP contribution in [0.15, 0.2) is 12.1 Å². The van der Waals surface area contributed by atoms with Gasteiger partial charge in [0.25, 0.3) is 8.32 Å². The lowest BCUT2D eigenvalue weighted by Crippen LogP contribution is -2.44. The second kappa shape index (κ2) is 5.37. The van der Waals surface area contributed by atoms with Crippen LogP contribution < -0.4 is 9.16 Å². The van der Waals surface area contributed by atoms with Crippen molar-refractivity contribution in [1.82, 2.24) is 0 Å². The highest BCUT2D eigenvalue weighted by atomic mass is 28.4. The molecule has 0 N–H and O–H groups in total. The zero-order valence-electron chi connectivity index (χ0n) is 13.0. The lowest BCUT2D eigenvalue weighted by Gasteiger charge is -2.37. The van der Waals surface area contributed by atoms with Gasteiger partial charge in [0.05, 0.1) is 7.11 Å². The van der Waals surface area contributed by atoms with Gasteiger partial charge in [-0.2, -0.15) is 0 Å². The van der Waals surface area contributed by atoms with Crippen LogP contribution >= 0.6 is 0 Å². The van der Waals surface area contributed by atoms with Gasteiger partial charge in [-0.15, -0.1) is 0 Å². The van der Waals surface area contributed by atoms with Gasteiger partial charge in [-0.25, -0.2) is 0 Å². The first-order chi connectivity index (χ1) is 8.62. The molecule has 4 heteroatoms. The topological polar surface area (TPSA) is 35.5 Å². The summed E-state index contributed by atoms with van der Waals surface area (Å²) in [5.41, 5.74) is 1.54. The summed E-state index contributed by atoms with van der Waals surface area (Å²) in [6.45, 7) is 12.8. The highest BCUT2D eigenvalue weighted by molar-refractivity contribution is 6.74. The Balaban J connectivity index is 3.26. The van der Waals surface area contributed by atoms with Crippen molar-refractivity contribution in [3.8, 4) is 11.5 Å². The predicted octanol–water partition coefficient (Wildman–Crippen LogP) is 4.20. The fourth-order valence-corrected chi connectivity index (χ4v) is 2.61. The van der Waals surface area contributed by atoms with Crippen LogP contribution in [0.5, 0.6) is 11.5 Å². The number of hydrogen-bond acceptors (Lipinski definition) is 3. The van der Waals surface area contributed by atoms with Crippen molar-refractivity contribution >= 4 is 14.6 Å². The maximum atomic E-state index is 11.0. The van der Waals surface area contributed by atoms with E-state index < -0.39 is 8.32 Å². The molecule has 0 spiro atoms. The van der Waals surface area contributed by atoms with Gasteiger partial charge in [-0.05, 0) is 42.8 Å². The maximum Gasteiger partial charge on any atom is 0.250 e. The number of aryl methyl sites for hydroxylation is 1. The van der Waals surface area contributed by atoms with Crippen molar-refractivity contribution in [2.45, 2.75) is 45.8 Å². The maximum absolute atomic E-state index is 11.0. The van der Waals surface area contributed by atoms with Crippen molar-refractivity contribution < 1.29 is 14.0 Å². The van der Waals surface area contributed by atoms with Crippen molar-refractivity contribution in [3.63, 3.8) is 0 Å². The molecule has 0 radical (unpaired) electrons. The van der Waals surface area contributed by atoms with Crippen LogP contribution in [0.25, 0.3) is 0 Å². The van der Waals surface area contributed by atoms with Crippen molar-refractivity contribution in [2.24, 2.45) is 0 Å². The molecule has 0 unspecified atom stereocenters. The molecule has 1 aromatic rings. The molecule has 0 aliphatic rings. The Hall–Kier alpha value is -1.29. The van der Waals surface area contributed by atoms with Gasteiger partial charge in [0.15, 0.2) is 5.75 Å². The summed E-state index contributed by atoms with van der Waals surface area (Å²) in [5, 5.41) is 0.100. The van der Waals surface area contributed by atoms with Crippen molar-refractivity contribution in [3.05, 3.63) is 23.3 Å². The van der Waals surface area contributed by atoms with Crippen LogP contribution in [0, 0.1) is 6.92 Å². The van der Waals surface area contributed by atoms with Crippen LogP contribution in [0.3, 0.4) is 0 Å². The summed E-state index contributed by atoms with van der Waals surface area (Å²) >= 11 is 0. The van der Waals surface area contributed by atoms with Gasteiger partial charge < -0.3 is 9.16 Å². The monoisotopic (exact) mass is 280 g/mol. The largest absolute Gasteiger partial charge is 0.541 e. The summed E-state index contributed by atoms with van der Waals surface area (Å²) in [7, 11) is -0.322. The SMILES string of the molecule is COc1c(C)cc(C=O)cc1O[Si](C)(C)C(C)(C)C. The molecule has 3 nitrogen and oxygen atoms in total. The molecule has 0 saturated heterocycles. The van der Waals surface area contributed by atoms with Gasteiger partial charge in [-0.3, -0.25) is 4.79 Å². The Morgan fingerprint density at radius 3 is 2.21 bits per heavy atom. The Morgan fingerprint density at radius 2 is 1.79 bits per heavy atom. The molecule has 0 saturated carbocycles. The van der Waals surface area contributed by atoms with Gasteiger partial charge in [0.1, 0.15) is 12.0 Å². The Labute approximate surface area is 117 Å². The standard InChI is InChI=1S/C15H24O3Si/c1-11-8-12(10-16)9-13(14(11)17-5)18-19(6,7)15(2,3)4/h8-10H,1-7H3. The normalized spacial score (nSPS) is 12.2. The minimum absolute atomic E-state index is 0.100. The average molecular weight is 280 g/mol. The van der Waals surface area contributed by atoms with Gasteiger partial charge >= 0.3 is 0 Å². The fraction of sp³-hybridized carbons (Fsp3) is 0.533. The van der Waals surface area contributed by atoms with Gasteiger partial charge in [0, 0.05) is 5.56 Å². The summed E-state index contributed by atoms with van der Waals surface area (Å²) in [6.07, 6.45) is 0.838. The summed E-state index contributed by atoms with van der Waals surface area (Å²) < 4.78 is 11.7. The van der Waals surface area contributed by atoms with E-state index in [0.29, 0.717) is 11.3 Å². The van der Waals surface area contributed by atoms with Crippen LogP contribution in [-0.4, -0.2) is 21.7 Å². The molecule has 0 amide bonds. The fourth-order valence-electron chi connectivity index (χ4n) is 1.60. The van der Waals surface area contributed by atoms with Crippen molar-refractivity contribution in [1.29, 1.82) is 0 Å². The summed E-state index contributed by atoms with van der Waals surface area (Å²) in [6, 6.07) is 3.57. The lowest BCUT2D eigenvalue weighted by molar-refractivity contribution is 0.112. The first-order valence-corrected chi connectivity index (χ1v) is 9.36. The Kier molecular flexibility index (Phi) is 4.45. The molecule has 0 atom stereocenters. The van der Waals surface area contributed by atoms with E-state index in [1.165, 1.54) is 0 Å². The third-order valence-corrected chi connectivity index (χ3v) is 8.12. The van der Waals surface area contributed by atoms with E-state index in [1.54, 1.807) is 13.2 Å². The van der Waals surface area contributed by atoms with Crippen LogP contribution in [0.4, 0.5) is 0 Å². The first-order valence-electron chi connectivity index (χ1n) is 6.45. The second-order valence-electron chi connectivity index (χ2n) is 6.35. The molecule has 19 heavy (non-hydrogen) atoms. The lowest BCUT2D eigenvalue weighted by atomic mass is 10.1. The molecular weight excluding hydrogens is 256 g/mol. The van der Waals surface area contributed by atoms with E-state index in [0.717, 1.165) is 17.6 Å². The van der Waals surface area contributed by atoms with E-state index in [4.69, 9.17) is 9.16 Å². The third kappa shape index (κ3) is 3.38. The molecule has 0 heterocycles. The molecule has 0 aromatic heterocycles. The number of hydrogen-bond donors (Lipinski definition) is 0. The Morgan fingerprint density at radius 1 is 1.21 bits per heavy atom. The van der Waals surface area contributed by atoms with E-state index in [1.807, 2.05) is 13.0 Å². The van der Waals surface area contributed by atoms with E-state index in [-0.39, 0.29) is 5.04 Å². The minimum atomic E-state index is -1.95. The second-order valence-corrected chi connectivity index (χ2v) is 11.1. The molecule has 0 bridgehead atoms. The van der Waals surface area contributed by atoms with Crippen molar-refractivity contribution in [2.75, 3.05) is 7.11 Å². The van der Waals surface area contributed by atoms with Crippen LogP contribution in [0.1, 0.15) is 36.7 Å². The smallest absolute Gasteiger partial charge is 0.250 e. The van der Waals surface area contributed by atoms with E-state index >= 15 is 0 Å². The molecule has 0 fully saturated rings. The molecule has 106 valence electrons. The number of methoxy groups -OCH3 is 1. The average Bonchev–Trinajstić information content (AvgIpc) is 2.26.